The first-order chi connectivity index (χ1) is 8.62. The highest BCUT2D eigenvalue weighted by Crippen LogP contribution is 2.35. The van der Waals surface area contributed by atoms with Crippen LogP contribution < -0.4 is 5.73 Å². The molecule has 106 valence electrons. The molecule has 18 heavy (non-hydrogen) atoms. The second kappa shape index (κ2) is 6.36. The first kappa shape index (κ1) is 14.3. The SMILES string of the molecule is CC(N)(CO)CCCN1CCC[C@H]2CCCC[C@H]21. The van der Waals surface area contributed by atoms with Gasteiger partial charge in [0.15, 0.2) is 0 Å². The Morgan fingerprint density at radius 3 is 2.72 bits per heavy atom. The second-order valence-corrected chi connectivity index (χ2v) is 6.71. The molecule has 0 amide bonds. The number of fused-ring (bicyclic) bond motifs is 1. The zero-order valence-corrected chi connectivity index (χ0v) is 11.9. The molecule has 1 aliphatic carbocycles. The number of likely N-dealkylation sites (tertiary alicyclic amines) is 1. The van der Waals surface area contributed by atoms with Crippen molar-refractivity contribution in [1.82, 2.24) is 4.90 Å². The van der Waals surface area contributed by atoms with Crippen molar-refractivity contribution < 1.29 is 5.11 Å². The van der Waals surface area contributed by atoms with Crippen LogP contribution in [0.25, 0.3) is 0 Å². The molecule has 1 heterocycles. The molecule has 3 heteroatoms. The number of aliphatic hydroxyl groups is 1. The van der Waals surface area contributed by atoms with Crippen molar-refractivity contribution in [1.29, 1.82) is 0 Å². The van der Waals surface area contributed by atoms with Crippen LogP contribution in [-0.4, -0.2) is 41.3 Å². The van der Waals surface area contributed by atoms with E-state index in [0.29, 0.717) is 0 Å². The van der Waals surface area contributed by atoms with Crippen molar-refractivity contribution in [3.63, 3.8) is 0 Å². The predicted molar refractivity (Wildman–Crippen MR) is 75.5 cm³/mol. The third-order valence-corrected chi connectivity index (χ3v) is 4.91. The Morgan fingerprint density at radius 1 is 1.22 bits per heavy atom. The fourth-order valence-electron chi connectivity index (χ4n) is 3.77. The Bertz CT molecular complexity index is 253. The largest absolute Gasteiger partial charge is 0.394 e. The summed E-state index contributed by atoms with van der Waals surface area (Å²) in [7, 11) is 0. The van der Waals surface area contributed by atoms with Crippen LogP contribution in [0.3, 0.4) is 0 Å². The van der Waals surface area contributed by atoms with Crippen molar-refractivity contribution in [3.05, 3.63) is 0 Å². The van der Waals surface area contributed by atoms with Crippen LogP contribution in [0.4, 0.5) is 0 Å². The van der Waals surface area contributed by atoms with E-state index in [-0.39, 0.29) is 12.1 Å². The lowest BCUT2D eigenvalue weighted by Gasteiger charge is -2.44. The molecule has 3 nitrogen and oxygen atoms in total. The highest BCUT2D eigenvalue weighted by Gasteiger charge is 2.32. The third kappa shape index (κ3) is 3.69. The van der Waals surface area contributed by atoms with Gasteiger partial charge in [0.2, 0.25) is 0 Å². The van der Waals surface area contributed by atoms with Crippen molar-refractivity contribution >= 4 is 0 Å². The molecule has 1 saturated heterocycles. The highest BCUT2D eigenvalue weighted by molar-refractivity contribution is 4.87. The summed E-state index contributed by atoms with van der Waals surface area (Å²) in [6.07, 6.45) is 10.6. The highest BCUT2D eigenvalue weighted by atomic mass is 16.3. The maximum Gasteiger partial charge on any atom is 0.0608 e. The molecule has 0 radical (unpaired) electrons. The number of hydrogen-bond acceptors (Lipinski definition) is 3. The molecule has 1 unspecified atom stereocenters. The van der Waals surface area contributed by atoms with Crippen LogP contribution in [0.1, 0.15) is 58.3 Å². The molecule has 2 rings (SSSR count). The third-order valence-electron chi connectivity index (χ3n) is 4.91. The van der Waals surface area contributed by atoms with Gasteiger partial charge in [-0.15, -0.1) is 0 Å². The van der Waals surface area contributed by atoms with Gasteiger partial charge >= 0.3 is 0 Å². The molecule has 0 aromatic rings. The number of rotatable bonds is 5. The lowest BCUT2D eigenvalue weighted by molar-refractivity contribution is 0.0572. The fraction of sp³-hybridized carbons (Fsp3) is 1.00. The number of nitrogens with two attached hydrogens (primary N) is 1. The van der Waals surface area contributed by atoms with Gasteiger partial charge in [-0.3, -0.25) is 0 Å². The molecule has 2 aliphatic rings. The predicted octanol–water partition coefficient (Wildman–Crippen LogP) is 2.13. The Kier molecular flexibility index (Phi) is 5.05. The molecule has 0 aromatic carbocycles. The van der Waals surface area contributed by atoms with E-state index in [0.717, 1.165) is 24.8 Å². The van der Waals surface area contributed by atoms with Crippen molar-refractivity contribution in [2.45, 2.75) is 69.9 Å². The number of nitrogens with zero attached hydrogens (tertiary/aromatic N) is 1. The molecule has 1 aliphatic heterocycles. The fourth-order valence-corrected chi connectivity index (χ4v) is 3.77. The summed E-state index contributed by atoms with van der Waals surface area (Å²) in [6, 6.07) is 0.852. The van der Waals surface area contributed by atoms with Gasteiger partial charge in [-0.25, -0.2) is 0 Å². The van der Waals surface area contributed by atoms with Gasteiger partial charge in [-0.05, 0) is 64.5 Å². The maximum absolute atomic E-state index is 9.18. The molecule has 0 spiro atoms. The van der Waals surface area contributed by atoms with E-state index >= 15 is 0 Å². The summed E-state index contributed by atoms with van der Waals surface area (Å²) in [5.74, 6) is 0.967. The van der Waals surface area contributed by atoms with E-state index in [1.807, 2.05) is 6.92 Å². The Balaban J connectivity index is 1.77. The molecule has 1 saturated carbocycles. The molecule has 0 aromatic heterocycles. The van der Waals surface area contributed by atoms with Crippen LogP contribution in [0.2, 0.25) is 0 Å². The minimum Gasteiger partial charge on any atom is -0.394 e. The van der Waals surface area contributed by atoms with E-state index in [1.54, 1.807) is 0 Å². The smallest absolute Gasteiger partial charge is 0.0608 e. The van der Waals surface area contributed by atoms with Gasteiger partial charge in [0, 0.05) is 11.6 Å². The molecule has 3 N–H and O–H groups in total. The number of piperidine rings is 1. The zero-order chi connectivity index (χ0) is 13.0. The monoisotopic (exact) mass is 254 g/mol. The van der Waals surface area contributed by atoms with Gasteiger partial charge < -0.3 is 15.7 Å². The average Bonchev–Trinajstić information content (AvgIpc) is 2.39. The van der Waals surface area contributed by atoms with Gasteiger partial charge in [0.1, 0.15) is 0 Å². The second-order valence-electron chi connectivity index (χ2n) is 6.71. The van der Waals surface area contributed by atoms with E-state index < -0.39 is 0 Å². The normalized spacial score (nSPS) is 32.8. The van der Waals surface area contributed by atoms with E-state index in [1.165, 1.54) is 51.6 Å². The molecular formula is C15H30N2O. The Morgan fingerprint density at radius 2 is 1.94 bits per heavy atom. The van der Waals surface area contributed by atoms with Crippen LogP contribution in [0.15, 0.2) is 0 Å². The minimum absolute atomic E-state index is 0.0963. The topological polar surface area (TPSA) is 49.5 Å². The summed E-state index contributed by atoms with van der Waals surface area (Å²) in [6.45, 7) is 4.50. The summed E-state index contributed by atoms with van der Waals surface area (Å²) >= 11 is 0. The summed E-state index contributed by atoms with van der Waals surface area (Å²) < 4.78 is 0. The lowest BCUT2D eigenvalue weighted by atomic mass is 9.78. The maximum atomic E-state index is 9.18. The standard InChI is InChI=1S/C15H30N2O/c1-15(16,12-18)9-5-11-17-10-4-7-13-6-2-3-8-14(13)17/h13-14,18H,2-12,16H2,1H3/t13-,14-,15?/m1/s1. The molecule has 3 atom stereocenters. The minimum atomic E-state index is -0.387. The Labute approximate surface area is 112 Å². The summed E-state index contributed by atoms with van der Waals surface area (Å²) in [5.41, 5.74) is 5.61. The van der Waals surface area contributed by atoms with Crippen molar-refractivity contribution in [2.75, 3.05) is 19.7 Å². The average molecular weight is 254 g/mol. The van der Waals surface area contributed by atoms with Gasteiger partial charge in [-0.2, -0.15) is 0 Å². The van der Waals surface area contributed by atoms with Crippen LogP contribution >= 0.6 is 0 Å². The van der Waals surface area contributed by atoms with E-state index in [4.69, 9.17) is 5.73 Å². The summed E-state index contributed by atoms with van der Waals surface area (Å²) in [4.78, 5) is 2.71. The zero-order valence-electron chi connectivity index (χ0n) is 11.9. The van der Waals surface area contributed by atoms with Crippen LogP contribution in [0.5, 0.6) is 0 Å². The van der Waals surface area contributed by atoms with E-state index in [9.17, 15) is 5.11 Å². The van der Waals surface area contributed by atoms with Gasteiger partial charge in [-0.1, -0.05) is 12.8 Å². The Hall–Kier alpha value is -0.120. The molecular weight excluding hydrogens is 224 g/mol. The summed E-state index contributed by atoms with van der Waals surface area (Å²) in [5, 5.41) is 9.18. The van der Waals surface area contributed by atoms with Crippen LogP contribution in [-0.2, 0) is 0 Å². The number of aliphatic hydroxyl groups excluding tert-OH is 1. The van der Waals surface area contributed by atoms with Crippen molar-refractivity contribution in [3.8, 4) is 0 Å². The van der Waals surface area contributed by atoms with E-state index in [2.05, 4.69) is 4.90 Å². The van der Waals surface area contributed by atoms with Gasteiger partial charge in [0.25, 0.3) is 0 Å². The number of hydrogen-bond donors (Lipinski definition) is 2. The first-order valence-corrected chi connectivity index (χ1v) is 7.76. The first-order valence-electron chi connectivity index (χ1n) is 7.76. The molecule has 0 bridgehead atoms. The quantitative estimate of drug-likeness (QED) is 0.790. The van der Waals surface area contributed by atoms with Gasteiger partial charge in [0.05, 0.1) is 6.61 Å². The lowest BCUT2D eigenvalue weighted by Crippen LogP contribution is -2.48. The van der Waals surface area contributed by atoms with Crippen molar-refractivity contribution in [2.24, 2.45) is 11.7 Å². The molecule has 2 fully saturated rings. The van der Waals surface area contributed by atoms with Crippen LogP contribution in [0, 0.1) is 5.92 Å².